The third-order valence-electron chi connectivity index (χ3n) is 3.33. The molecule has 5 nitrogen and oxygen atoms in total. The predicted molar refractivity (Wildman–Crippen MR) is 93.9 cm³/mol. The standard InChI is InChI=1S/C19H28O5/c1-3-16(2)22-15-12-19(21)24-14-7-5-4-6-13-23-18-10-8-17(20)9-11-18/h3,8-11,19-21H,1-2,4-7,12-15H2. The van der Waals surface area contributed by atoms with Gasteiger partial charge in [-0.2, -0.15) is 0 Å². The first-order chi connectivity index (χ1) is 11.6. The molecule has 134 valence electrons. The molecule has 0 aliphatic heterocycles. The van der Waals surface area contributed by atoms with Crippen molar-refractivity contribution in [3.05, 3.63) is 49.3 Å². The lowest BCUT2D eigenvalue weighted by atomic mass is 10.2. The van der Waals surface area contributed by atoms with Crippen molar-refractivity contribution in [1.29, 1.82) is 0 Å². The van der Waals surface area contributed by atoms with Gasteiger partial charge in [-0.15, -0.1) is 0 Å². The van der Waals surface area contributed by atoms with Crippen LogP contribution in [0.2, 0.25) is 0 Å². The van der Waals surface area contributed by atoms with Crippen molar-refractivity contribution in [1.82, 2.24) is 0 Å². The van der Waals surface area contributed by atoms with Gasteiger partial charge in [-0.25, -0.2) is 0 Å². The molecule has 0 heterocycles. The summed E-state index contributed by atoms with van der Waals surface area (Å²) in [6.45, 7) is 8.70. The first-order valence-electron chi connectivity index (χ1n) is 8.27. The summed E-state index contributed by atoms with van der Waals surface area (Å²) in [5.74, 6) is 1.50. The van der Waals surface area contributed by atoms with Crippen molar-refractivity contribution in [2.24, 2.45) is 0 Å². The van der Waals surface area contributed by atoms with Gasteiger partial charge in [0.1, 0.15) is 17.3 Å². The Morgan fingerprint density at radius 2 is 1.71 bits per heavy atom. The Bertz CT molecular complexity index is 469. The summed E-state index contributed by atoms with van der Waals surface area (Å²) in [5, 5.41) is 18.8. The van der Waals surface area contributed by atoms with Crippen molar-refractivity contribution in [2.75, 3.05) is 19.8 Å². The van der Waals surface area contributed by atoms with Crippen LogP contribution in [0.5, 0.6) is 11.5 Å². The van der Waals surface area contributed by atoms with Gasteiger partial charge < -0.3 is 24.4 Å². The normalized spacial score (nSPS) is 11.7. The summed E-state index contributed by atoms with van der Waals surface area (Å²) in [6, 6.07) is 6.71. The van der Waals surface area contributed by atoms with E-state index >= 15 is 0 Å². The summed E-state index contributed by atoms with van der Waals surface area (Å²) in [5.41, 5.74) is 0. The highest BCUT2D eigenvalue weighted by Crippen LogP contribution is 2.16. The highest BCUT2D eigenvalue weighted by Gasteiger charge is 2.04. The van der Waals surface area contributed by atoms with Gasteiger partial charge in [0, 0.05) is 13.0 Å². The first kappa shape index (κ1) is 20.1. The highest BCUT2D eigenvalue weighted by atomic mass is 16.6. The number of ether oxygens (including phenoxy) is 3. The molecule has 5 heteroatoms. The van der Waals surface area contributed by atoms with E-state index in [0.717, 1.165) is 31.4 Å². The number of unbranched alkanes of at least 4 members (excludes halogenated alkanes) is 3. The summed E-state index contributed by atoms with van der Waals surface area (Å²) in [7, 11) is 0. The van der Waals surface area contributed by atoms with Crippen LogP contribution in [-0.4, -0.2) is 36.3 Å². The Balaban J connectivity index is 1.90. The molecule has 0 amide bonds. The predicted octanol–water partition coefficient (Wildman–Crippen LogP) is 3.77. The Morgan fingerprint density at radius 1 is 1.04 bits per heavy atom. The van der Waals surface area contributed by atoms with Crippen LogP contribution >= 0.6 is 0 Å². The number of phenolic OH excluding ortho intramolecular Hbond substituents is 1. The number of hydrogen-bond donors (Lipinski definition) is 2. The quantitative estimate of drug-likeness (QED) is 0.234. The molecule has 1 atom stereocenters. The Kier molecular flexibility index (Phi) is 10.4. The lowest BCUT2D eigenvalue weighted by Gasteiger charge is -2.12. The Hall–Kier alpha value is -1.98. The second kappa shape index (κ2) is 12.4. The molecule has 0 radical (unpaired) electrons. The molecule has 1 aromatic rings. The van der Waals surface area contributed by atoms with E-state index in [1.165, 1.54) is 6.08 Å². The molecule has 1 aromatic carbocycles. The lowest BCUT2D eigenvalue weighted by Crippen LogP contribution is -2.15. The van der Waals surface area contributed by atoms with E-state index in [1.54, 1.807) is 24.3 Å². The minimum Gasteiger partial charge on any atom is -0.508 e. The molecule has 0 aromatic heterocycles. The average molecular weight is 336 g/mol. The molecule has 2 N–H and O–H groups in total. The number of allylic oxidation sites excluding steroid dienone is 1. The number of aliphatic hydroxyl groups is 1. The number of benzene rings is 1. The van der Waals surface area contributed by atoms with Gasteiger partial charge in [0.25, 0.3) is 0 Å². The SMILES string of the molecule is C=CC(=C)OCCC(O)OCCCCCCOc1ccc(O)cc1. The second-order valence-corrected chi connectivity index (χ2v) is 5.39. The van der Waals surface area contributed by atoms with E-state index in [0.29, 0.717) is 32.0 Å². The third kappa shape index (κ3) is 9.92. The van der Waals surface area contributed by atoms with E-state index in [4.69, 9.17) is 14.2 Å². The molecular weight excluding hydrogens is 308 g/mol. The number of aromatic hydroxyl groups is 1. The van der Waals surface area contributed by atoms with Crippen LogP contribution in [0.3, 0.4) is 0 Å². The van der Waals surface area contributed by atoms with Crippen molar-refractivity contribution in [3.63, 3.8) is 0 Å². The van der Waals surface area contributed by atoms with Crippen LogP contribution in [0.15, 0.2) is 49.3 Å². The summed E-state index contributed by atoms with van der Waals surface area (Å²) in [4.78, 5) is 0. The average Bonchev–Trinajstić information content (AvgIpc) is 2.58. The summed E-state index contributed by atoms with van der Waals surface area (Å²) in [6.07, 6.45) is 5.05. The van der Waals surface area contributed by atoms with E-state index in [2.05, 4.69) is 13.2 Å². The van der Waals surface area contributed by atoms with Crippen LogP contribution < -0.4 is 4.74 Å². The van der Waals surface area contributed by atoms with Gasteiger partial charge in [-0.3, -0.25) is 0 Å². The molecule has 0 spiro atoms. The fourth-order valence-corrected chi connectivity index (χ4v) is 1.94. The minimum absolute atomic E-state index is 0.238. The molecule has 0 aliphatic carbocycles. The monoisotopic (exact) mass is 336 g/mol. The number of hydrogen-bond acceptors (Lipinski definition) is 5. The van der Waals surface area contributed by atoms with Crippen molar-refractivity contribution in [3.8, 4) is 11.5 Å². The minimum atomic E-state index is -0.805. The van der Waals surface area contributed by atoms with Crippen LogP contribution in [0.1, 0.15) is 32.1 Å². The maximum absolute atomic E-state index is 9.63. The van der Waals surface area contributed by atoms with Gasteiger partial charge in [-0.1, -0.05) is 19.6 Å². The molecule has 1 unspecified atom stereocenters. The highest BCUT2D eigenvalue weighted by molar-refractivity contribution is 5.29. The van der Waals surface area contributed by atoms with E-state index in [1.807, 2.05) is 0 Å². The second-order valence-electron chi connectivity index (χ2n) is 5.39. The molecule has 0 bridgehead atoms. The van der Waals surface area contributed by atoms with Gasteiger partial charge in [0.15, 0.2) is 6.29 Å². The zero-order chi connectivity index (χ0) is 17.6. The van der Waals surface area contributed by atoms with Crippen LogP contribution in [0.4, 0.5) is 0 Å². The topological polar surface area (TPSA) is 68.2 Å². The van der Waals surface area contributed by atoms with Crippen molar-refractivity contribution >= 4 is 0 Å². The fourth-order valence-electron chi connectivity index (χ4n) is 1.94. The molecule has 1 rings (SSSR count). The molecule has 0 saturated heterocycles. The van der Waals surface area contributed by atoms with Crippen LogP contribution in [-0.2, 0) is 9.47 Å². The zero-order valence-corrected chi connectivity index (χ0v) is 14.2. The Labute approximate surface area is 144 Å². The van der Waals surface area contributed by atoms with E-state index < -0.39 is 6.29 Å². The van der Waals surface area contributed by atoms with Crippen molar-refractivity contribution < 1.29 is 24.4 Å². The third-order valence-corrected chi connectivity index (χ3v) is 3.33. The molecule has 0 aliphatic rings. The van der Waals surface area contributed by atoms with Gasteiger partial charge in [-0.05, 0) is 49.6 Å². The van der Waals surface area contributed by atoms with E-state index in [9.17, 15) is 10.2 Å². The molecule has 24 heavy (non-hydrogen) atoms. The lowest BCUT2D eigenvalue weighted by molar-refractivity contribution is -0.110. The van der Waals surface area contributed by atoms with Crippen LogP contribution in [0, 0.1) is 0 Å². The summed E-state index contributed by atoms with van der Waals surface area (Å²) < 4.78 is 16.1. The molecule has 0 saturated carbocycles. The summed E-state index contributed by atoms with van der Waals surface area (Å²) >= 11 is 0. The maximum Gasteiger partial charge on any atom is 0.157 e. The van der Waals surface area contributed by atoms with Crippen molar-refractivity contribution in [2.45, 2.75) is 38.4 Å². The largest absolute Gasteiger partial charge is 0.508 e. The van der Waals surface area contributed by atoms with Gasteiger partial charge in [0.2, 0.25) is 0 Å². The van der Waals surface area contributed by atoms with Gasteiger partial charge >= 0.3 is 0 Å². The number of aliphatic hydroxyl groups excluding tert-OH is 1. The first-order valence-corrected chi connectivity index (χ1v) is 8.27. The van der Waals surface area contributed by atoms with Crippen LogP contribution in [0.25, 0.3) is 0 Å². The number of rotatable bonds is 14. The van der Waals surface area contributed by atoms with Gasteiger partial charge in [0.05, 0.1) is 13.2 Å². The molecular formula is C19H28O5. The zero-order valence-electron chi connectivity index (χ0n) is 14.2. The molecule has 0 fully saturated rings. The fraction of sp³-hybridized carbons (Fsp3) is 0.474. The van der Waals surface area contributed by atoms with E-state index in [-0.39, 0.29) is 5.75 Å². The Morgan fingerprint density at radius 3 is 2.38 bits per heavy atom. The number of phenols is 1. The maximum atomic E-state index is 9.63. The smallest absolute Gasteiger partial charge is 0.157 e.